The van der Waals surface area contributed by atoms with E-state index in [0.29, 0.717) is 37.7 Å². The highest BCUT2D eigenvalue weighted by Gasteiger charge is 2.16. The fraction of sp³-hybridized carbons (Fsp3) is 0.333. The van der Waals surface area contributed by atoms with Crippen molar-refractivity contribution in [2.45, 2.75) is 33.6 Å². The van der Waals surface area contributed by atoms with Crippen molar-refractivity contribution in [2.75, 3.05) is 31.2 Å². The Balaban J connectivity index is 1.65. The van der Waals surface area contributed by atoms with Gasteiger partial charge in [-0.3, -0.25) is 4.79 Å². The Bertz CT molecular complexity index is 1240. The van der Waals surface area contributed by atoms with Crippen molar-refractivity contribution in [2.24, 2.45) is 0 Å². The number of rotatable bonds is 10. The summed E-state index contributed by atoms with van der Waals surface area (Å²) in [6, 6.07) is 18.3. The molecule has 4 rings (SSSR count). The van der Waals surface area contributed by atoms with Gasteiger partial charge in [0.05, 0.1) is 18.8 Å². The predicted octanol–water partition coefficient (Wildman–Crippen LogP) is 6.22. The number of esters is 1. The number of hydrogen-bond donors (Lipinski definition) is 0. The van der Waals surface area contributed by atoms with E-state index in [1.807, 2.05) is 42.5 Å². The first-order chi connectivity index (χ1) is 16.1. The van der Waals surface area contributed by atoms with Crippen LogP contribution in [0.2, 0.25) is 0 Å². The number of carbonyl (C=O) groups is 1. The number of benzene rings is 3. The molecule has 4 aromatic rings. The molecular formula is C27H30N2O4. The Morgan fingerprint density at radius 1 is 1.00 bits per heavy atom. The molecule has 0 radical (unpaired) electrons. The third-order valence-electron chi connectivity index (χ3n) is 5.67. The highest BCUT2D eigenvalue weighted by atomic mass is 16.5. The molecule has 1 heterocycles. The first-order valence-electron chi connectivity index (χ1n) is 11.6. The molecule has 0 aliphatic heterocycles. The van der Waals surface area contributed by atoms with E-state index in [2.05, 4.69) is 30.9 Å². The minimum Gasteiger partial charge on any atom is -0.493 e. The second kappa shape index (κ2) is 10.4. The second-order valence-electron chi connectivity index (χ2n) is 7.80. The summed E-state index contributed by atoms with van der Waals surface area (Å²) in [5.74, 6) is 1.00. The van der Waals surface area contributed by atoms with E-state index in [1.165, 1.54) is 0 Å². The van der Waals surface area contributed by atoms with Crippen molar-refractivity contribution in [1.82, 2.24) is 4.98 Å². The molecule has 3 aromatic carbocycles. The summed E-state index contributed by atoms with van der Waals surface area (Å²) < 4.78 is 17.3. The molecule has 0 saturated carbocycles. The van der Waals surface area contributed by atoms with Gasteiger partial charge in [0, 0.05) is 31.3 Å². The van der Waals surface area contributed by atoms with Crippen molar-refractivity contribution >= 4 is 33.5 Å². The van der Waals surface area contributed by atoms with Crippen molar-refractivity contribution in [3.8, 4) is 17.2 Å². The van der Waals surface area contributed by atoms with Gasteiger partial charge in [-0.15, -0.1) is 0 Å². The maximum atomic E-state index is 11.6. The molecule has 1 aromatic heterocycles. The first kappa shape index (κ1) is 22.6. The minimum atomic E-state index is -0.206. The largest absolute Gasteiger partial charge is 0.493 e. The zero-order valence-corrected chi connectivity index (χ0v) is 19.5. The zero-order chi connectivity index (χ0) is 23.2. The molecule has 0 N–H and O–H groups in total. The van der Waals surface area contributed by atoms with E-state index < -0.39 is 0 Å². The third kappa shape index (κ3) is 5.11. The summed E-state index contributed by atoms with van der Waals surface area (Å²) in [5, 5.41) is 2.15. The van der Waals surface area contributed by atoms with Gasteiger partial charge >= 0.3 is 5.97 Å². The average molecular weight is 447 g/mol. The molecule has 6 heteroatoms. The molecule has 33 heavy (non-hydrogen) atoms. The lowest BCUT2D eigenvalue weighted by Gasteiger charge is -2.20. The second-order valence-corrected chi connectivity index (χ2v) is 7.80. The molecule has 0 atom stereocenters. The van der Waals surface area contributed by atoms with Gasteiger partial charge in [0.15, 0.2) is 5.58 Å². The molecular weight excluding hydrogens is 416 g/mol. The van der Waals surface area contributed by atoms with Crippen molar-refractivity contribution < 1.29 is 18.7 Å². The quantitative estimate of drug-likeness (QED) is 0.213. The molecule has 0 aliphatic carbocycles. The Morgan fingerprint density at radius 2 is 1.76 bits per heavy atom. The van der Waals surface area contributed by atoms with E-state index in [0.717, 1.165) is 46.2 Å². The molecule has 0 bridgehead atoms. The van der Waals surface area contributed by atoms with Crippen LogP contribution in [-0.4, -0.2) is 37.3 Å². The lowest BCUT2D eigenvalue weighted by Crippen LogP contribution is -2.21. The van der Waals surface area contributed by atoms with Gasteiger partial charge in [-0.25, -0.2) is 4.98 Å². The van der Waals surface area contributed by atoms with Gasteiger partial charge in [-0.2, -0.15) is 0 Å². The lowest BCUT2D eigenvalue weighted by molar-refractivity contribution is -0.143. The molecule has 0 spiro atoms. The number of fused-ring (bicyclic) bond motifs is 2. The average Bonchev–Trinajstić information content (AvgIpc) is 3.26. The molecule has 0 fully saturated rings. The van der Waals surface area contributed by atoms with E-state index in [1.54, 1.807) is 6.92 Å². The highest BCUT2D eigenvalue weighted by Crippen LogP contribution is 2.36. The number of carbonyl (C=O) groups excluding carboxylic acids is 1. The van der Waals surface area contributed by atoms with Crippen LogP contribution in [0.15, 0.2) is 59.0 Å². The summed E-state index contributed by atoms with van der Waals surface area (Å²) in [7, 11) is 0. The number of oxazole rings is 1. The summed E-state index contributed by atoms with van der Waals surface area (Å²) in [6.45, 7) is 8.73. The van der Waals surface area contributed by atoms with Crippen LogP contribution in [-0.2, 0) is 9.53 Å². The molecule has 172 valence electrons. The molecule has 0 saturated heterocycles. The number of ether oxygens (including phenoxy) is 2. The fourth-order valence-electron chi connectivity index (χ4n) is 3.95. The van der Waals surface area contributed by atoms with Crippen LogP contribution >= 0.6 is 0 Å². The van der Waals surface area contributed by atoms with Gasteiger partial charge in [-0.1, -0.05) is 24.3 Å². The Labute approximate surface area is 194 Å². The SMILES string of the molecule is CCOC(=O)CCCOc1cc2ccccc2cc1-c1nc2ccc(N(CC)CC)cc2o1. The van der Waals surface area contributed by atoms with E-state index in [-0.39, 0.29) is 5.97 Å². The summed E-state index contributed by atoms with van der Waals surface area (Å²) in [6.07, 6.45) is 0.902. The minimum absolute atomic E-state index is 0.206. The summed E-state index contributed by atoms with van der Waals surface area (Å²) >= 11 is 0. The van der Waals surface area contributed by atoms with Crippen LogP contribution in [0.25, 0.3) is 33.3 Å². The van der Waals surface area contributed by atoms with Crippen LogP contribution in [0.1, 0.15) is 33.6 Å². The van der Waals surface area contributed by atoms with Gasteiger partial charge in [0.1, 0.15) is 11.3 Å². The normalized spacial score (nSPS) is 11.1. The number of hydrogen-bond acceptors (Lipinski definition) is 6. The van der Waals surface area contributed by atoms with E-state index in [4.69, 9.17) is 18.9 Å². The van der Waals surface area contributed by atoms with Crippen LogP contribution in [0.3, 0.4) is 0 Å². The van der Waals surface area contributed by atoms with Crippen molar-refractivity contribution in [3.05, 3.63) is 54.6 Å². The van der Waals surface area contributed by atoms with Crippen LogP contribution in [0.4, 0.5) is 5.69 Å². The Morgan fingerprint density at radius 3 is 2.48 bits per heavy atom. The van der Waals surface area contributed by atoms with Crippen molar-refractivity contribution in [1.29, 1.82) is 0 Å². The van der Waals surface area contributed by atoms with Crippen LogP contribution < -0.4 is 9.64 Å². The van der Waals surface area contributed by atoms with E-state index in [9.17, 15) is 4.79 Å². The van der Waals surface area contributed by atoms with Gasteiger partial charge in [0.2, 0.25) is 5.89 Å². The van der Waals surface area contributed by atoms with Gasteiger partial charge in [-0.05, 0) is 62.2 Å². The highest BCUT2D eigenvalue weighted by molar-refractivity contribution is 5.90. The number of aromatic nitrogens is 1. The third-order valence-corrected chi connectivity index (χ3v) is 5.67. The first-order valence-corrected chi connectivity index (χ1v) is 11.6. The standard InChI is InChI=1S/C27H30N2O4/c1-4-29(5-2)21-13-14-23-25(18-21)33-27(28-23)22-16-19-10-7-8-11-20(19)17-24(22)32-15-9-12-26(30)31-6-3/h7-8,10-11,13-14,16-18H,4-6,9,12,15H2,1-3H3. The maximum Gasteiger partial charge on any atom is 0.305 e. The van der Waals surface area contributed by atoms with Crippen molar-refractivity contribution in [3.63, 3.8) is 0 Å². The predicted molar refractivity (Wildman–Crippen MR) is 132 cm³/mol. The molecule has 6 nitrogen and oxygen atoms in total. The van der Waals surface area contributed by atoms with Crippen LogP contribution in [0.5, 0.6) is 5.75 Å². The molecule has 0 aliphatic rings. The zero-order valence-electron chi connectivity index (χ0n) is 19.5. The molecule has 0 amide bonds. The Hall–Kier alpha value is -3.54. The summed E-state index contributed by atoms with van der Waals surface area (Å²) in [5.41, 5.74) is 3.47. The Kier molecular flexibility index (Phi) is 7.13. The lowest BCUT2D eigenvalue weighted by atomic mass is 10.1. The smallest absolute Gasteiger partial charge is 0.305 e. The maximum absolute atomic E-state index is 11.6. The molecule has 0 unspecified atom stereocenters. The van der Waals surface area contributed by atoms with E-state index >= 15 is 0 Å². The van der Waals surface area contributed by atoms with Gasteiger partial charge < -0.3 is 18.8 Å². The van der Waals surface area contributed by atoms with Crippen LogP contribution in [0, 0.1) is 0 Å². The topological polar surface area (TPSA) is 64.8 Å². The monoisotopic (exact) mass is 446 g/mol. The number of nitrogens with zero attached hydrogens (tertiary/aromatic N) is 2. The fourth-order valence-corrected chi connectivity index (χ4v) is 3.95. The summed E-state index contributed by atoms with van der Waals surface area (Å²) in [4.78, 5) is 18.6. The number of anilines is 1. The van der Waals surface area contributed by atoms with Gasteiger partial charge in [0.25, 0.3) is 0 Å².